The van der Waals surface area contributed by atoms with Gasteiger partial charge >= 0.3 is 0 Å². The van der Waals surface area contributed by atoms with Crippen molar-refractivity contribution in [3.63, 3.8) is 0 Å². The summed E-state index contributed by atoms with van der Waals surface area (Å²) in [5.74, 6) is 0.763. The predicted molar refractivity (Wildman–Crippen MR) is 100 cm³/mol. The van der Waals surface area contributed by atoms with Gasteiger partial charge in [0.15, 0.2) is 0 Å². The molecule has 0 unspecified atom stereocenters. The van der Waals surface area contributed by atoms with Crippen LogP contribution in [0.25, 0.3) is 0 Å². The van der Waals surface area contributed by atoms with Gasteiger partial charge in [0.05, 0.1) is 6.54 Å². The average molecular weight is 352 g/mol. The number of likely N-dealkylation sites (tertiary alicyclic amines) is 1. The first-order valence-corrected chi connectivity index (χ1v) is 8.87. The minimum Gasteiger partial charge on any atom is -0.355 e. The maximum Gasteiger partial charge on any atom is 0.239 e. The molecule has 2 aromatic rings. The Kier molecular flexibility index (Phi) is 5.84. The number of anilines is 1. The Morgan fingerprint density at radius 2 is 2.04 bits per heavy atom. The van der Waals surface area contributed by atoms with Crippen molar-refractivity contribution in [2.45, 2.75) is 25.9 Å². The van der Waals surface area contributed by atoms with Gasteiger partial charge in [-0.3, -0.25) is 9.59 Å². The van der Waals surface area contributed by atoms with E-state index >= 15 is 0 Å². The molecule has 0 bridgehead atoms. The molecule has 1 aromatic carbocycles. The van der Waals surface area contributed by atoms with Crippen molar-refractivity contribution in [2.24, 2.45) is 0 Å². The first-order chi connectivity index (χ1) is 12.6. The number of amides is 2. The zero-order valence-corrected chi connectivity index (χ0v) is 15.0. The van der Waals surface area contributed by atoms with E-state index in [2.05, 4.69) is 27.3 Å². The van der Waals surface area contributed by atoms with E-state index in [4.69, 9.17) is 0 Å². The standard InChI is InChI=1S/C20H24N4O2/c1-23(14-16-7-3-2-4-8-16)20-17(9-5-11-21-20)13-22-18(25)15-24-12-6-10-19(24)26/h2-5,7-9,11H,6,10,12-15H2,1H3,(H,22,25). The molecule has 0 atom stereocenters. The van der Waals surface area contributed by atoms with Gasteiger partial charge < -0.3 is 15.1 Å². The lowest BCUT2D eigenvalue weighted by Crippen LogP contribution is -2.37. The van der Waals surface area contributed by atoms with Gasteiger partial charge in [-0.2, -0.15) is 0 Å². The van der Waals surface area contributed by atoms with Gasteiger partial charge in [0.25, 0.3) is 0 Å². The first-order valence-electron chi connectivity index (χ1n) is 8.87. The number of carbonyl (C=O) groups excluding carboxylic acids is 2. The summed E-state index contributed by atoms with van der Waals surface area (Å²) in [7, 11) is 1.99. The highest BCUT2D eigenvalue weighted by atomic mass is 16.2. The number of pyridine rings is 1. The van der Waals surface area contributed by atoms with E-state index < -0.39 is 0 Å². The van der Waals surface area contributed by atoms with Crippen LogP contribution in [0.4, 0.5) is 5.82 Å². The minimum absolute atomic E-state index is 0.0600. The third-order valence-corrected chi connectivity index (χ3v) is 4.47. The van der Waals surface area contributed by atoms with E-state index in [1.165, 1.54) is 5.56 Å². The molecule has 1 N–H and O–H groups in total. The topological polar surface area (TPSA) is 65.5 Å². The normalized spacial score (nSPS) is 13.7. The van der Waals surface area contributed by atoms with Crippen molar-refractivity contribution >= 4 is 17.6 Å². The number of benzene rings is 1. The summed E-state index contributed by atoms with van der Waals surface area (Å²) < 4.78 is 0. The SMILES string of the molecule is CN(Cc1ccccc1)c1ncccc1CNC(=O)CN1CCCC1=O. The largest absolute Gasteiger partial charge is 0.355 e. The summed E-state index contributed by atoms with van der Waals surface area (Å²) in [6.45, 7) is 1.93. The molecule has 3 rings (SSSR count). The molecule has 136 valence electrons. The smallest absolute Gasteiger partial charge is 0.239 e. The van der Waals surface area contributed by atoms with Crippen LogP contribution in [-0.4, -0.2) is 41.8 Å². The second-order valence-corrected chi connectivity index (χ2v) is 6.52. The van der Waals surface area contributed by atoms with E-state index in [1.807, 2.05) is 37.4 Å². The zero-order valence-electron chi connectivity index (χ0n) is 15.0. The van der Waals surface area contributed by atoms with E-state index in [-0.39, 0.29) is 18.4 Å². The van der Waals surface area contributed by atoms with E-state index in [0.717, 1.165) is 24.3 Å². The quantitative estimate of drug-likeness (QED) is 0.827. The molecule has 1 fully saturated rings. The van der Waals surface area contributed by atoms with Gasteiger partial charge in [-0.15, -0.1) is 0 Å². The second kappa shape index (κ2) is 8.47. The van der Waals surface area contributed by atoms with Crippen molar-refractivity contribution in [1.82, 2.24) is 15.2 Å². The van der Waals surface area contributed by atoms with Crippen molar-refractivity contribution in [3.8, 4) is 0 Å². The van der Waals surface area contributed by atoms with Gasteiger partial charge in [0, 0.05) is 44.9 Å². The van der Waals surface area contributed by atoms with Crippen LogP contribution >= 0.6 is 0 Å². The highest BCUT2D eigenvalue weighted by Crippen LogP contribution is 2.18. The summed E-state index contributed by atoms with van der Waals surface area (Å²) in [6, 6.07) is 14.0. The van der Waals surface area contributed by atoms with Gasteiger partial charge in [-0.05, 0) is 18.1 Å². The lowest BCUT2D eigenvalue weighted by atomic mass is 10.2. The lowest BCUT2D eigenvalue weighted by Gasteiger charge is -2.22. The third kappa shape index (κ3) is 4.59. The minimum atomic E-state index is -0.138. The van der Waals surface area contributed by atoms with Gasteiger partial charge in [0.1, 0.15) is 5.82 Å². The average Bonchev–Trinajstić information content (AvgIpc) is 3.05. The van der Waals surface area contributed by atoms with Crippen LogP contribution < -0.4 is 10.2 Å². The molecular weight excluding hydrogens is 328 g/mol. The molecule has 1 aromatic heterocycles. The van der Waals surface area contributed by atoms with Gasteiger partial charge in [-0.1, -0.05) is 36.4 Å². The predicted octanol–water partition coefficient (Wildman–Crippen LogP) is 1.96. The summed E-state index contributed by atoms with van der Waals surface area (Å²) in [5, 5.41) is 2.91. The van der Waals surface area contributed by atoms with E-state index in [0.29, 0.717) is 19.5 Å². The molecule has 2 heterocycles. The fourth-order valence-electron chi connectivity index (χ4n) is 3.14. The van der Waals surface area contributed by atoms with Crippen LogP contribution in [0.3, 0.4) is 0 Å². The monoisotopic (exact) mass is 352 g/mol. The number of rotatable bonds is 7. The third-order valence-electron chi connectivity index (χ3n) is 4.47. The molecule has 6 nitrogen and oxygen atoms in total. The molecular formula is C20H24N4O2. The van der Waals surface area contributed by atoms with Gasteiger partial charge in [0.2, 0.25) is 11.8 Å². The van der Waals surface area contributed by atoms with Crippen LogP contribution in [-0.2, 0) is 22.7 Å². The number of hydrogen-bond donors (Lipinski definition) is 1. The van der Waals surface area contributed by atoms with Gasteiger partial charge in [-0.25, -0.2) is 4.98 Å². The molecule has 1 aliphatic heterocycles. The van der Waals surface area contributed by atoms with E-state index in [9.17, 15) is 9.59 Å². The number of nitrogens with one attached hydrogen (secondary N) is 1. The highest BCUT2D eigenvalue weighted by molar-refractivity contribution is 5.85. The van der Waals surface area contributed by atoms with Crippen LogP contribution in [0.15, 0.2) is 48.7 Å². The number of carbonyl (C=O) groups is 2. The molecule has 26 heavy (non-hydrogen) atoms. The van der Waals surface area contributed by atoms with Crippen LogP contribution in [0.1, 0.15) is 24.0 Å². The molecule has 1 saturated heterocycles. The van der Waals surface area contributed by atoms with Crippen molar-refractivity contribution in [1.29, 1.82) is 0 Å². The Bertz CT molecular complexity index is 763. The number of aromatic nitrogens is 1. The van der Waals surface area contributed by atoms with Crippen molar-refractivity contribution < 1.29 is 9.59 Å². The fourth-order valence-corrected chi connectivity index (χ4v) is 3.14. The number of nitrogens with zero attached hydrogens (tertiary/aromatic N) is 3. The molecule has 0 spiro atoms. The Hall–Kier alpha value is -2.89. The molecule has 6 heteroatoms. The molecule has 0 radical (unpaired) electrons. The summed E-state index contributed by atoms with van der Waals surface area (Å²) in [6.07, 6.45) is 3.14. The zero-order chi connectivity index (χ0) is 18.4. The van der Waals surface area contributed by atoms with Crippen molar-refractivity contribution in [3.05, 3.63) is 59.8 Å². The molecule has 2 amide bonds. The van der Waals surface area contributed by atoms with Crippen LogP contribution in [0.2, 0.25) is 0 Å². The Labute approximate surface area is 153 Å². The summed E-state index contributed by atoms with van der Waals surface area (Å²) in [5.41, 5.74) is 2.15. The Morgan fingerprint density at radius 3 is 2.77 bits per heavy atom. The molecule has 1 aliphatic rings. The summed E-state index contributed by atoms with van der Waals surface area (Å²) in [4.78, 5) is 31.9. The summed E-state index contributed by atoms with van der Waals surface area (Å²) >= 11 is 0. The van der Waals surface area contributed by atoms with Crippen LogP contribution in [0, 0.1) is 0 Å². The Balaban J connectivity index is 1.59. The molecule has 0 saturated carbocycles. The first kappa shape index (κ1) is 17.9. The van der Waals surface area contributed by atoms with E-state index in [1.54, 1.807) is 11.1 Å². The molecule has 0 aliphatic carbocycles. The maximum absolute atomic E-state index is 12.2. The second-order valence-electron chi connectivity index (χ2n) is 6.52. The fraction of sp³-hybridized carbons (Fsp3) is 0.350. The maximum atomic E-state index is 12.2. The van der Waals surface area contributed by atoms with Crippen molar-refractivity contribution in [2.75, 3.05) is 25.0 Å². The Morgan fingerprint density at radius 1 is 1.23 bits per heavy atom. The lowest BCUT2D eigenvalue weighted by molar-refractivity contribution is -0.133. The number of hydrogen-bond acceptors (Lipinski definition) is 4. The van der Waals surface area contributed by atoms with Crippen LogP contribution in [0.5, 0.6) is 0 Å². The highest BCUT2D eigenvalue weighted by Gasteiger charge is 2.22.